The Hall–Kier alpha value is -1.14. The zero-order valence-corrected chi connectivity index (χ0v) is 15.0. The van der Waals surface area contributed by atoms with E-state index in [1.165, 1.54) is 57.1 Å². The highest BCUT2D eigenvalue weighted by Gasteiger charge is 2.30. The molecule has 1 aliphatic carbocycles. The Morgan fingerprint density at radius 3 is 2.58 bits per heavy atom. The van der Waals surface area contributed by atoms with Crippen molar-refractivity contribution in [3.05, 3.63) is 11.9 Å². The Morgan fingerprint density at radius 2 is 1.88 bits per heavy atom. The zero-order valence-electron chi connectivity index (χ0n) is 14.2. The van der Waals surface area contributed by atoms with Crippen LogP contribution in [-0.2, 0) is 4.74 Å². The topological polar surface area (TPSA) is 42.7 Å². The maximum Gasteiger partial charge on any atom is 0.214 e. The van der Waals surface area contributed by atoms with E-state index >= 15 is 0 Å². The maximum absolute atomic E-state index is 5.89. The molecule has 0 radical (unpaired) electrons. The summed E-state index contributed by atoms with van der Waals surface area (Å²) < 4.78 is 7.90. The summed E-state index contributed by atoms with van der Waals surface area (Å²) in [6.45, 7) is 3.19. The van der Waals surface area contributed by atoms with Gasteiger partial charge in [-0.3, -0.25) is 0 Å². The summed E-state index contributed by atoms with van der Waals surface area (Å²) in [7, 11) is 0. The lowest BCUT2D eigenvalue weighted by atomic mass is 9.90. The van der Waals surface area contributed by atoms with Crippen LogP contribution < -0.4 is 4.90 Å². The van der Waals surface area contributed by atoms with Gasteiger partial charge in [0, 0.05) is 25.6 Å². The van der Waals surface area contributed by atoms with Crippen molar-refractivity contribution in [2.24, 2.45) is 5.92 Å². The number of fused-ring (bicyclic) bond motifs is 1. The van der Waals surface area contributed by atoms with Gasteiger partial charge in [-0.05, 0) is 44.4 Å². The monoisotopic (exact) mass is 346 g/mol. The van der Waals surface area contributed by atoms with Crippen LogP contribution in [0.1, 0.15) is 63.0 Å². The van der Waals surface area contributed by atoms with Crippen LogP contribution in [0.15, 0.2) is 6.20 Å². The summed E-state index contributed by atoms with van der Waals surface area (Å²) in [5.41, 5.74) is 1.26. The summed E-state index contributed by atoms with van der Waals surface area (Å²) in [5, 5.41) is 5.96. The molecule has 1 atom stereocenters. The molecule has 5 nitrogen and oxygen atoms in total. The van der Waals surface area contributed by atoms with Crippen molar-refractivity contribution in [3.63, 3.8) is 0 Å². The van der Waals surface area contributed by atoms with E-state index in [0.29, 0.717) is 12.0 Å². The van der Waals surface area contributed by atoms with Gasteiger partial charge in [0.05, 0.1) is 18.0 Å². The minimum Gasteiger partial charge on any atom is -0.378 e. The molecular formula is C18H26N4OS. The lowest BCUT2D eigenvalue weighted by Gasteiger charge is -2.33. The molecule has 2 aromatic rings. The molecule has 1 saturated carbocycles. The van der Waals surface area contributed by atoms with E-state index in [1.807, 2.05) is 4.52 Å². The van der Waals surface area contributed by atoms with Gasteiger partial charge in [-0.15, -0.1) is 5.10 Å². The molecule has 130 valence electrons. The number of rotatable bonds is 3. The molecule has 0 spiro atoms. The van der Waals surface area contributed by atoms with Crippen molar-refractivity contribution >= 4 is 21.4 Å². The lowest BCUT2D eigenvalue weighted by molar-refractivity contribution is 0.0531. The fourth-order valence-electron chi connectivity index (χ4n) is 4.69. The third-order valence-corrected chi connectivity index (χ3v) is 7.11. The number of anilines is 1. The third-order valence-electron chi connectivity index (χ3n) is 6.13. The van der Waals surface area contributed by atoms with Gasteiger partial charge in [0.15, 0.2) is 0 Å². The number of piperidine rings is 1. The van der Waals surface area contributed by atoms with Gasteiger partial charge in [-0.2, -0.15) is 0 Å². The second-order valence-electron chi connectivity index (χ2n) is 7.63. The molecule has 5 rings (SSSR count). The summed E-state index contributed by atoms with van der Waals surface area (Å²) in [6.07, 6.45) is 13.0. The van der Waals surface area contributed by atoms with Crippen LogP contribution >= 0.6 is 11.3 Å². The molecule has 4 heterocycles. The van der Waals surface area contributed by atoms with E-state index in [2.05, 4.69) is 11.1 Å². The number of hydrogen-bond acceptors (Lipinski definition) is 5. The first-order valence-electron chi connectivity index (χ1n) is 9.59. The summed E-state index contributed by atoms with van der Waals surface area (Å²) in [5.74, 6) is 1.42. The molecule has 0 amide bonds. The molecule has 0 aromatic carbocycles. The molecule has 1 unspecified atom stereocenters. The number of aromatic nitrogens is 3. The van der Waals surface area contributed by atoms with Crippen molar-refractivity contribution in [2.45, 2.75) is 63.4 Å². The van der Waals surface area contributed by atoms with Crippen molar-refractivity contribution < 1.29 is 4.74 Å². The minimum absolute atomic E-state index is 0.523. The smallest absolute Gasteiger partial charge is 0.214 e. The molecule has 3 aliphatic rings. The fourth-order valence-corrected chi connectivity index (χ4v) is 5.63. The molecule has 6 heteroatoms. The quantitative estimate of drug-likeness (QED) is 0.847. The highest BCUT2D eigenvalue weighted by molar-refractivity contribution is 7.20. The number of imidazole rings is 1. The standard InChI is InChI=1S/C18H26N4OS/c1-2-5-13(4-1)15-12-22-17(19-15)24-18(20-22)21-9-7-14(8-10-21)16-6-3-11-23-16/h12-14,16H,1-11H2. The molecule has 2 aromatic heterocycles. The van der Waals surface area contributed by atoms with Crippen LogP contribution in [-0.4, -0.2) is 40.4 Å². The number of hydrogen-bond donors (Lipinski definition) is 0. The van der Waals surface area contributed by atoms with Crippen LogP contribution in [0.5, 0.6) is 0 Å². The van der Waals surface area contributed by atoms with Gasteiger partial charge in [0.1, 0.15) is 0 Å². The molecule has 3 fully saturated rings. The van der Waals surface area contributed by atoms with Gasteiger partial charge < -0.3 is 9.64 Å². The fraction of sp³-hybridized carbons (Fsp3) is 0.778. The van der Waals surface area contributed by atoms with E-state index in [0.717, 1.165) is 35.7 Å². The largest absolute Gasteiger partial charge is 0.378 e. The predicted molar refractivity (Wildman–Crippen MR) is 96.0 cm³/mol. The Labute approximate surface area is 147 Å². The molecular weight excluding hydrogens is 320 g/mol. The van der Waals surface area contributed by atoms with E-state index in [-0.39, 0.29) is 0 Å². The number of nitrogens with zero attached hydrogens (tertiary/aromatic N) is 4. The highest BCUT2D eigenvalue weighted by atomic mass is 32.1. The summed E-state index contributed by atoms with van der Waals surface area (Å²) >= 11 is 1.75. The van der Waals surface area contributed by atoms with E-state index in [9.17, 15) is 0 Å². The van der Waals surface area contributed by atoms with Crippen LogP contribution in [0.2, 0.25) is 0 Å². The van der Waals surface area contributed by atoms with Gasteiger partial charge in [0.25, 0.3) is 0 Å². The molecule has 0 N–H and O–H groups in total. The second-order valence-corrected chi connectivity index (χ2v) is 8.57. The van der Waals surface area contributed by atoms with E-state index in [4.69, 9.17) is 14.8 Å². The van der Waals surface area contributed by atoms with Crippen molar-refractivity contribution in [1.29, 1.82) is 0 Å². The van der Waals surface area contributed by atoms with Crippen molar-refractivity contribution in [2.75, 3.05) is 24.6 Å². The third kappa shape index (κ3) is 2.73. The Kier molecular flexibility index (Phi) is 3.97. The Bertz CT molecular complexity index is 660. The van der Waals surface area contributed by atoms with Crippen molar-refractivity contribution in [3.8, 4) is 0 Å². The van der Waals surface area contributed by atoms with Gasteiger partial charge in [-0.25, -0.2) is 9.50 Å². The van der Waals surface area contributed by atoms with E-state index < -0.39 is 0 Å². The van der Waals surface area contributed by atoms with Crippen LogP contribution in [0.3, 0.4) is 0 Å². The summed E-state index contributed by atoms with van der Waals surface area (Å²) in [6, 6.07) is 0. The minimum atomic E-state index is 0.523. The van der Waals surface area contributed by atoms with Crippen LogP contribution in [0, 0.1) is 5.92 Å². The Balaban J connectivity index is 1.26. The van der Waals surface area contributed by atoms with Crippen molar-refractivity contribution in [1.82, 2.24) is 14.6 Å². The predicted octanol–water partition coefficient (Wildman–Crippen LogP) is 3.84. The zero-order chi connectivity index (χ0) is 15.9. The Morgan fingerprint density at radius 1 is 1.04 bits per heavy atom. The first kappa shape index (κ1) is 15.1. The second kappa shape index (κ2) is 6.30. The van der Waals surface area contributed by atoms with Crippen LogP contribution in [0.25, 0.3) is 4.96 Å². The van der Waals surface area contributed by atoms with E-state index in [1.54, 1.807) is 11.3 Å². The number of ether oxygens (including phenoxy) is 1. The normalized spacial score (nSPS) is 26.8. The van der Waals surface area contributed by atoms with Gasteiger partial charge in [-0.1, -0.05) is 24.2 Å². The SMILES string of the molecule is c1c(C2CCCC2)nc2sc(N3CCC(C4CCCO4)CC3)nn12. The van der Waals surface area contributed by atoms with Gasteiger partial charge >= 0.3 is 0 Å². The molecule has 24 heavy (non-hydrogen) atoms. The maximum atomic E-state index is 5.89. The molecule has 2 aliphatic heterocycles. The average Bonchev–Trinajstić information content (AvgIpc) is 3.37. The average molecular weight is 347 g/mol. The first-order valence-corrected chi connectivity index (χ1v) is 10.4. The highest BCUT2D eigenvalue weighted by Crippen LogP contribution is 2.36. The first-order chi connectivity index (χ1) is 11.9. The van der Waals surface area contributed by atoms with Crippen LogP contribution in [0.4, 0.5) is 5.13 Å². The lowest BCUT2D eigenvalue weighted by Crippen LogP contribution is -2.37. The molecule has 2 saturated heterocycles. The summed E-state index contributed by atoms with van der Waals surface area (Å²) in [4.78, 5) is 8.37. The van der Waals surface area contributed by atoms with Gasteiger partial charge in [0.2, 0.25) is 10.1 Å². The molecule has 0 bridgehead atoms.